The van der Waals surface area contributed by atoms with Gasteiger partial charge in [-0.15, -0.1) is 0 Å². The van der Waals surface area contributed by atoms with Gasteiger partial charge >= 0.3 is 5.97 Å². The van der Waals surface area contributed by atoms with Crippen molar-refractivity contribution in [1.29, 1.82) is 0 Å². The summed E-state index contributed by atoms with van der Waals surface area (Å²) in [5.41, 5.74) is 0. The highest BCUT2D eigenvalue weighted by Crippen LogP contribution is 2.12. The van der Waals surface area contributed by atoms with Gasteiger partial charge in [0.05, 0.1) is 0 Å². The van der Waals surface area contributed by atoms with Crippen LogP contribution in [0.3, 0.4) is 0 Å². The van der Waals surface area contributed by atoms with E-state index in [1.54, 1.807) is 0 Å². The van der Waals surface area contributed by atoms with Gasteiger partial charge < -0.3 is 10.4 Å². The summed E-state index contributed by atoms with van der Waals surface area (Å²) in [6.45, 7) is 4.17. The van der Waals surface area contributed by atoms with Crippen molar-refractivity contribution in [1.82, 2.24) is 5.32 Å². The Bertz CT molecular complexity index is 303. The molecule has 0 radical (unpaired) electrons. The molecule has 0 fully saturated rings. The van der Waals surface area contributed by atoms with E-state index >= 15 is 0 Å². The normalized spacial score (nSPS) is 10.4. The van der Waals surface area contributed by atoms with Crippen LogP contribution in [0.25, 0.3) is 0 Å². The molecule has 0 atom stereocenters. The SMILES string of the molecule is C=CC(=O)NCCCCCCCCCCCCCCC(=O)O. The maximum atomic E-state index is 10.9. The predicted molar refractivity (Wildman–Crippen MR) is 90.9 cm³/mol. The number of carbonyl (C=O) groups excluding carboxylic acids is 1. The van der Waals surface area contributed by atoms with Crippen LogP contribution in [0.2, 0.25) is 0 Å². The van der Waals surface area contributed by atoms with Crippen LogP contribution in [0.15, 0.2) is 12.7 Å². The van der Waals surface area contributed by atoms with E-state index in [1.807, 2.05) is 0 Å². The first-order chi connectivity index (χ1) is 10.7. The molecular weight excluding hydrogens is 278 g/mol. The zero-order valence-corrected chi connectivity index (χ0v) is 13.9. The number of aliphatic carboxylic acids is 1. The Hall–Kier alpha value is -1.32. The quantitative estimate of drug-likeness (QED) is 0.327. The zero-order chi connectivity index (χ0) is 16.5. The fourth-order valence-electron chi connectivity index (χ4n) is 2.45. The van der Waals surface area contributed by atoms with Crippen molar-refractivity contribution in [3.05, 3.63) is 12.7 Å². The summed E-state index contributed by atoms with van der Waals surface area (Å²) in [6, 6.07) is 0. The van der Waals surface area contributed by atoms with Crippen molar-refractivity contribution in [3.8, 4) is 0 Å². The van der Waals surface area contributed by atoms with Crippen LogP contribution in [0.1, 0.15) is 83.5 Å². The number of carbonyl (C=O) groups is 2. The Labute approximate surface area is 135 Å². The van der Waals surface area contributed by atoms with Crippen molar-refractivity contribution in [2.75, 3.05) is 6.54 Å². The number of hydrogen-bond acceptors (Lipinski definition) is 2. The third-order valence-electron chi connectivity index (χ3n) is 3.80. The Morgan fingerprint density at radius 1 is 0.773 bits per heavy atom. The fraction of sp³-hybridized carbons (Fsp3) is 0.778. The van der Waals surface area contributed by atoms with Gasteiger partial charge in [0, 0.05) is 13.0 Å². The zero-order valence-electron chi connectivity index (χ0n) is 13.9. The summed E-state index contributed by atoms with van der Waals surface area (Å²) in [6.07, 6.45) is 15.9. The van der Waals surface area contributed by atoms with Crippen molar-refractivity contribution in [2.24, 2.45) is 0 Å². The molecule has 0 aliphatic heterocycles. The van der Waals surface area contributed by atoms with Crippen molar-refractivity contribution in [2.45, 2.75) is 83.5 Å². The van der Waals surface area contributed by atoms with Gasteiger partial charge in [0.25, 0.3) is 0 Å². The van der Waals surface area contributed by atoms with E-state index in [9.17, 15) is 9.59 Å². The highest BCUT2D eigenvalue weighted by molar-refractivity contribution is 5.86. The van der Waals surface area contributed by atoms with Gasteiger partial charge in [-0.3, -0.25) is 9.59 Å². The number of carboxylic acid groups (broad SMARTS) is 1. The van der Waals surface area contributed by atoms with Crippen LogP contribution < -0.4 is 5.32 Å². The molecule has 0 aliphatic rings. The number of amides is 1. The van der Waals surface area contributed by atoms with Gasteiger partial charge in [-0.1, -0.05) is 70.8 Å². The highest BCUT2D eigenvalue weighted by atomic mass is 16.4. The van der Waals surface area contributed by atoms with Crippen LogP contribution in [0.5, 0.6) is 0 Å². The number of carboxylic acids is 1. The van der Waals surface area contributed by atoms with Crippen LogP contribution in [-0.4, -0.2) is 23.5 Å². The topological polar surface area (TPSA) is 66.4 Å². The molecule has 0 saturated carbocycles. The van der Waals surface area contributed by atoms with E-state index in [1.165, 1.54) is 63.9 Å². The second-order valence-electron chi connectivity index (χ2n) is 5.88. The number of unbranched alkanes of at least 4 members (excludes halogenated alkanes) is 11. The first kappa shape index (κ1) is 20.7. The molecule has 0 aromatic carbocycles. The molecule has 4 nitrogen and oxygen atoms in total. The van der Waals surface area contributed by atoms with E-state index in [0.717, 1.165) is 25.8 Å². The molecule has 0 aliphatic carbocycles. The highest BCUT2D eigenvalue weighted by Gasteiger charge is 1.97. The predicted octanol–water partition coefficient (Wildman–Crippen LogP) is 4.44. The van der Waals surface area contributed by atoms with Crippen molar-refractivity contribution >= 4 is 11.9 Å². The van der Waals surface area contributed by atoms with Crippen LogP contribution in [-0.2, 0) is 9.59 Å². The third kappa shape index (κ3) is 16.7. The van der Waals surface area contributed by atoms with Gasteiger partial charge in [-0.2, -0.15) is 0 Å². The van der Waals surface area contributed by atoms with Gasteiger partial charge in [-0.25, -0.2) is 0 Å². The summed E-state index contributed by atoms with van der Waals surface area (Å²) < 4.78 is 0. The fourth-order valence-corrected chi connectivity index (χ4v) is 2.45. The van der Waals surface area contributed by atoms with E-state index in [0.29, 0.717) is 6.42 Å². The number of nitrogens with one attached hydrogen (secondary N) is 1. The molecule has 0 unspecified atom stereocenters. The molecule has 0 aromatic heterocycles. The summed E-state index contributed by atoms with van der Waals surface area (Å²) in [5.74, 6) is -0.758. The van der Waals surface area contributed by atoms with Crippen LogP contribution >= 0.6 is 0 Å². The minimum Gasteiger partial charge on any atom is -0.481 e. The Balaban J connectivity index is 3.04. The molecule has 4 heteroatoms. The van der Waals surface area contributed by atoms with E-state index < -0.39 is 5.97 Å². The Kier molecular flexibility index (Phi) is 15.1. The largest absolute Gasteiger partial charge is 0.481 e. The molecule has 1 amide bonds. The lowest BCUT2D eigenvalue weighted by Crippen LogP contribution is -2.21. The first-order valence-corrected chi connectivity index (χ1v) is 8.79. The maximum Gasteiger partial charge on any atom is 0.303 e. The monoisotopic (exact) mass is 311 g/mol. The molecule has 0 rings (SSSR count). The smallest absolute Gasteiger partial charge is 0.303 e. The molecule has 2 N–H and O–H groups in total. The Morgan fingerprint density at radius 2 is 1.18 bits per heavy atom. The third-order valence-corrected chi connectivity index (χ3v) is 3.80. The maximum absolute atomic E-state index is 10.9. The number of rotatable bonds is 16. The summed E-state index contributed by atoms with van der Waals surface area (Å²) >= 11 is 0. The van der Waals surface area contributed by atoms with E-state index in [4.69, 9.17) is 5.11 Å². The molecule has 128 valence electrons. The average Bonchev–Trinajstić information content (AvgIpc) is 2.50. The Morgan fingerprint density at radius 3 is 1.59 bits per heavy atom. The van der Waals surface area contributed by atoms with Gasteiger partial charge in [-0.05, 0) is 18.9 Å². The molecule has 0 saturated heterocycles. The summed E-state index contributed by atoms with van der Waals surface area (Å²) in [4.78, 5) is 21.2. The van der Waals surface area contributed by atoms with Crippen molar-refractivity contribution in [3.63, 3.8) is 0 Å². The van der Waals surface area contributed by atoms with E-state index in [2.05, 4.69) is 11.9 Å². The second-order valence-corrected chi connectivity index (χ2v) is 5.88. The first-order valence-electron chi connectivity index (χ1n) is 8.79. The number of hydrogen-bond donors (Lipinski definition) is 2. The summed E-state index contributed by atoms with van der Waals surface area (Å²) in [7, 11) is 0. The molecular formula is C18H33NO3. The average molecular weight is 311 g/mol. The molecule has 0 aromatic rings. The van der Waals surface area contributed by atoms with Gasteiger partial charge in [0.15, 0.2) is 0 Å². The molecule has 0 bridgehead atoms. The van der Waals surface area contributed by atoms with Crippen molar-refractivity contribution < 1.29 is 14.7 Å². The van der Waals surface area contributed by atoms with E-state index in [-0.39, 0.29) is 5.91 Å². The second kappa shape index (κ2) is 16.1. The van der Waals surface area contributed by atoms with Crippen LogP contribution in [0.4, 0.5) is 0 Å². The molecule has 0 spiro atoms. The molecule has 0 heterocycles. The lowest BCUT2D eigenvalue weighted by atomic mass is 10.0. The van der Waals surface area contributed by atoms with Crippen LogP contribution in [0, 0.1) is 0 Å². The minimum atomic E-state index is -0.678. The lowest BCUT2D eigenvalue weighted by molar-refractivity contribution is -0.137. The minimum absolute atomic E-state index is 0.0806. The molecule has 22 heavy (non-hydrogen) atoms. The van der Waals surface area contributed by atoms with Gasteiger partial charge in [0.2, 0.25) is 5.91 Å². The lowest BCUT2D eigenvalue weighted by Gasteiger charge is -2.03. The van der Waals surface area contributed by atoms with Gasteiger partial charge in [0.1, 0.15) is 0 Å². The standard InChI is InChI=1S/C18H33NO3/c1-2-17(20)19-16-14-12-10-8-6-4-3-5-7-9-11-13-15-18(21)22/h2H,1,3-16H2,(H,19,20)(H,21,22). The summed E-state index contributed by atoms with van der Waals surface area (Å²) in [5, 5.41) is 11.3.